The lowest BCUT2D eigenvalue weighted by atomic mass is 10.2. The van der Waals surface area contributed by atoms with E-state index in [4.69, 9.17) is 23.2 Å². The monoisotopic (exact) mass is 317 g/mol. The molecule has 112 valence electrons. The van der Waals surface area contributed by atoms with E-state index in [1.165, 1.54) is 12.3 Å². The maximum atomic E-state index is 12.0. The third-order valence-corrected chi connectivity index (χ3v) is 3.73. The van der Waals surface area contributed by atoms with Crippen LogP contribution in [0.2, 0.25) is 10.2 Å². The predicted octanol–water partition coefficient (Wildman–Crippen LogP) is 3.24. The topological polar surface area (TPSA) is 45.2 Å². The van der Waals surface area contributed by atoms with Crippen LogP contribution in [0.5, 0.6) is 0 Å². The van der Waals surface area contributed by atoms with Gasteiger partial charge in [-0.1, -0.05) is 23.2 Å². The minimum atomic E-state index is -0.191. The summed E-state index contributed by atoms with van der Waals surface area (Å²) in [6.45, 7) is 9.95. The van der Waals surface area contributed by atoms with Gasteiger partial charge in [-0.15, -0.1) is 0 Å². The first-order valence-electron chi connectivity index (χ1n) is 6.68. The van der Waals surface area contributed by atoms with E-state index in [-0.39, 0.29) is 16.1 Å². The first kappa shape index (κ1) is 17.2. The van der Waals surface area contributed by atoms with Crippen molar-refractivity contribution in [3.63, 3.8) is 0 Å². The SMILES string of the molecule is CC(C)N(CCNC(=O)c1cnc(Cl)c(Cl)c1)C(C)C. The van der Waals surface area contributed by atoms with E-state index in [9.17, 15) is 4.79 Å². The third kappa shape index (κ3) is 4.93. The lowest BCUT2D eigenvalue weighted by Crippen LogP contribution is -2.42. The van der Waals surface area contributed by atoms with Crippen LogP contribution in [0.4, 0.5) is 0 Å². The second-order valence-electron chi connectivity index (χ2n) is 5.18. The summed E-state index contributed by atoms with van der Waals surface area (Å²) in [7, 11) is 0. The van der Waals surface area contributed by atoms with Crippen LogP contribution in [0.25, 0.3) is 0 Å². The van der Waals surface area contributed by atoms with Crippen molar-refractivity contribution in [1.82, 2.24) is 15.2 Å². The zero-order valence-electron chi connectivity index (χ0n) is 12.3. The lowest BCUT2D eigenvalue weighted by molar-refractivity contribution is 0.0939. The fourth-order valence-electron chi connectivity index (χ4n) is 2.06. The number of pyridine rings is 1. The van der Waals surface area contributed by atoms with Gasteiger partial charge in [0.15, 0.2) is 0 Å². The summed E-state index contributed by atoms with van der Waals surface area (Å²) in [5.74, 6) is -0.191. The molecule has 0 aliphatic heterocycles. The maximum absolute atomic E-state index is 12.0. The molecule has 6 heteroatoms. The van der Waals surface area contributed by atoms with Gasteiger partial charge in [0.05, 0.1) is 10.6 Å². The summed E-state index contributed by atoms with van der Waals surface area (Å²) in [6, 6.07) is 2.41. The number of halogens is 2. The van der Waals surface area contributed by atoms with Gasteiger partial charge in [0.1, 0.15) is 5.15 Å². The zero-order chi connectivity index (χ0) is 15.3. The van der Waals surface area contributed by atoms with E-state index in [2.05, 4.69) is 42.9 Å². The summed E-state index contributed by atoms with van der Waals surface area (Å²) in [5, 5.41) is 3.35. The molecule has 1 heterocycles. The highest BCUT2D eigenvalue weighted by Gasteiger charge is 2.14. The fraction of sp³-hybridized carbons (Fsp3) is 0.571. The molecule has 0 atom stereocenters. The van der Waals surface area contributed by atoms with E-state index in [1.807, 2.05) is 0 Å². The van der Waals surface area contributed by atoms with Crippen molar-refractivity contribution < 1.29 is 4.79 Å². The van der Waals surface area contributed by atoms with Crippen LogP contribution in [0.1, 0.15) is 38.1 Å². The van der Waals surface area contributed by atoms with Gasteiger partial charge >= 0.3 is 0 Å². The van der Waals surface area contributed by atoms with Gasteiger partial charge in [-0.05, 0) is 33.8 Å². The predicted molar refractivity (Wildman–Crippen MR) is 83.6 cm³/mol. The molecule has 1 N–H and O–H groups in total. The molecule has 0 aliphatic carbocycles. The highest BCUT2D eigenvalue weighted by Crippen LogP contribution is 2.19. The van der Waals surface area contributed by atoms with E-state index in [0.29, 0.717) is 24.2 Å². The molecule has 0 bridgehead atoms. The van der Waals surface area contributed by atoms with Crippen molar-refractivity contribution in [3.05, 3.63) is 28.0 Å². The van der Waals surface area contributed by atoms with Gasteiger partial charge in [0, 0.05) is 31.4 Å². The second-order valence-corrected chi connectivity index (χ2v) is 5.94. The number of nitrogens with zero attached hydrogens (tertiary/aromatic N) is 2. The van der Waals surface area contributed by atoms with Gasteiger partial charge in [-0.2, -0.15) is 0 Å². The molecule has 0 aromatic carbocycles. The Labute approximate surface area is 130 Å². The van der Waals surface area contributed by atoms with Gasteiger partial charge in [-0.3, -0.25) is 9.69 Å². The van der Waals surface area contributed by atoms with Crippen molar-refractivity contribution in [3.8, 4) is 0 Å². The molecule has 1 aromatic rings. The number of hydrogen-bond acceptors (Lipinski definition) is 3. The van der Waals surface area contributed by atoms with Gasteiger partial charge in [-0.25, -0.2) is 4.98 Å². The first-order valence-corrected chi connectivity index (χ1v) is 7.43. The number of carbonyl (C=O) groups excluding carboxylic acids is 1. The van der Waals surface area contributed by atoms with Crippen LogP contribution in [0.15, 0.2) is 12.3 Å². The van der Waals surface area contributed by atoms with Crippen LogP contribution >= 0.6 is 23.2 Å². The molecule has 4 nitrogen and oxygen atoms in total. The van der Waals surface area contributed by atoms with Gasteiger partial charge < -0.3 is 5.32 Å². The van der Waals surface area contributed by atoms with E-state index in [1.54, 1.807) is 0 Å². The molecule has 0 unspecified atom stereocenters. The smallest absolute Gasteiger partial charge is 0.252 e. The van der Waals surface area contributed by atoms with Crippen molar-refractivity contribution >= 4 is 29.1 Å². The van der Waals surface area contributed by atoms with Crippen molar-refractivity contribution in [2.75, 3.05) is 13.1 Å². The highest BCUT2D eigenvalue weighted by molar-refractivity contribution is 6.41. The Morgan fingerprint density at radius 1 is 1.30 bits per heavy atom. The standard InChI is InChI=1S/C14H21Cl2N3O/c1-9(2)19(10(3)4)6-5-17-14(20)11-7-12(15)13(16)18-8-11/h7-10H,5-6H2,1-4H3,(H,17,20). The molecular weight excluding hydrogens is 297 g/mol. The Bertz CT molecular complexity index is 456. The minimum absolute atomic E-state index is 0.191. The summed E-state index contributed by atoms with van der Waals surface area (Å²) >= 11 is 11.6. The Kier molecular flexibility index (Phi) is 6.72. The number of carbonyl (C=O) groups is 1. The van der Waals surface area contributed by atoms with E-state index in [0.717, 1.165) is 6.54 Å². The van der Waals surface area contributed by atoms with Crippen LogP contribution in [-0.4, -0.2) is 41.0 Å². The third-order valence-electron chi connectivity index (χ3n) is 3.04. The van der Waals surface area contributed by atoms with Crippen molar-refractivity contribution in [1.29, 1.82) is 0 Å². The van der Waals surface area contributed by atoms with Crippen molar-refractivity contribution in [2.45, 2.75) is 39.8 Å². The fourth-order valence-corrected chi connectivity index (χ4v) is 2.33. The Hall–Kier alpha value is -0.840. The molecule has 1 rings (SSSR count). The first-order chi connectivity index (χ1) is 9.32. The molecule has 0 saturated heterocycles. The lowest BCUT2D eigenvalue weighted by Gasteiger charge is -2.30. The Morgan fingerprint density at radius 3 is 2.40 bits per heavy atom. The van der Waals surface area contributed by atoms with Gasteiger partial charge in [0.25, 0.3) is 5.91 Å². The van der Waals surface area contributed by atoms with Crippen LogP contribution in [-0.2, 0) is 0 Å². The number of hydrogen-bond donors (Lipinski definition) is 1. The average molecular weight is 318 g/mol. The van der Waals surface area contributed by atoms with Crippen LogP contribution in [0, 0.1) is 0 Å². The highest BCUT2D eigenvalue weighted by atomic mass is 35.5. The molecule has 1 amide bonds. The van der Waals surface area contributed by atoms with Crippen LogP contribution in [0.3, 0.4) is 0 Å². The number of amides is 1. The van der Waals surface area contributed by atoms with Gasteiger partial charge in [0.2, 0.25) is 0 Å². The average Bonchev–Trinajstić information content (AvgIpc) is 2.36. The van der Waals surface area contributed by atoms with E-state index < -0.39 is 0 Å². The Balaban J connectivity index is 2.53. The molecule has 0 aliphatic rings. The van der Waals surface area contributed by atoms with Crippen molar-refractivity contribution in [2.24, 2.45) is 0 Å². The number of rotatable bonds is 6. The molecular formula is C14H21Cl2N3O. The molecule has 20 heavy (non-hydrogen) atoms. The summed E-state index contributed by atoms with van der Waals surface area (Å²) < 4.78 is 0. The maximum Gasteiger partial charge on any atom is 0.252 e. The summed E-state index contributed by atoms with van der Waals surface area (Å²) in [4.78, 5) is 18.1. The molecule has 0 radical (unpaired) electrons. The van der Waals surface area contributed by atoms with Crippen LogP contribution < -0.4 is 5.32 Å². The molecule has 0 saturated carbocycles. The minimum Gasteiger partial charge on any atom is -0.351 e. The number of aromatic nitrogens is 1. The zero-order valence-corrected chi connectivity index (χ0v) is 13.8. The number of nitrogens with one attached hydrogen (secondary N) is 1. The summed E-state index contributed by atoms with van der Waals surface area (Å²) in [5.41, 5.74) is 0.417. The largest absolute Gasteiger partial charge is 0.351 e. The molecule has 1 aromatic heterocycles. The molecule has 0 spiro atoms. The second kappa shape index (κ2) is 7.81. The Morgan fingerprint density at radius 2 is 1.90 bits per heavy atom. The quantitative estimate of drug-likeness (QED) is 0.819. The van der Waals surface area contributed by atoms with E-state index >= 15 is 0 Å². The molecule has 0 fully saturated rings. The summed E-state index contributed by atoms with van der Waals surface area (Å²) in [6.07, 6.45) is 1.42. The normalized spacial score (nSPS) is 11.4.